The predicted molar refractivity (Wildman–Crippen MR) is 90.2 cm³/mol. The number of hydrogen-bond acceptors (Lipinski definition) is 5. The second kappa shape index (κ2) is 7.83. The van der Waals surface area contributed by atoms with E-state index >= 15 is 0 Å². The largest absolute Gasteiger partial charge is 0.417 e. The summed E-state index contributed by atoms with van der Waals surface area (Å²) in [6.45, 7) is 3.83. The molecule has 2 aromatic heterocycles. The number of likely N-dealkylation sites (tertiary alicyclic amines) is 1. The summed E-state index contributed by atoms with van der Waals surface area (Å²) < 4.78 is 18.4. The third kappa shape index (κ3) is 4.38. The van der Waals surface area contributed by atoms with Crippen LogP contribution in [0.15, 0.2) is 22.7 Å². The van der Waals surface area contributed by atoms with Crippen LogP contribution >= 0.6 is 0 Å². The van der Waals surface area contributed by atoms with E-state index in [4.69, 9.17) is 4.42 Å². The lowest BCUT2D eigenvalue weighted by Crippen LogP contribution is -2.31. The number of nitrogens with zero attached hydrogens (tertiary/aromatic N) is 4. The third-order valence-corrected chi connectivity index (χ3v) is 4.62. The Morgan fingerprint density at radius 1 is 1.38 bits per heavy atom. The summed E-state index contributed by atoms with van der Waals surface area (Å²) in [5.41, 5.74) is 1.80. The van der Waals surface area contributed by atoms with Crippen molar-refractivity contribution in [2.24, 2.45) is 5.92 Å². The molecule has 0 N–H and O–H groups in total. The number of piperidine rings is 1. The fourth-order valence-corrected chi connectivity index (χ4v) is 3.29. The topological polar surface area (TPSA) is 55.1 Å². The van der Waals surface area contributed by atoms with Crippen LogP contribution < -0.4 is 0 Å². The molecule has 2 unspecified atom stereocenters. The summed E-state index contributed by atoms with van der Waals surface area (Å²) in [6.07, 6.45) is 6.55. The highest BCUT2D eigenvalue weighted by Gasteiger charge is 2.17. The van der Waals surface area contributed by atoms with Crippen molar-refractivity contribution in [3.8, 4) is 11.5 Å². The van der Waals surface area contributed by atoms with Crippen molar-refractivity contribution in [3.63, 3.8) is 0 Å². The molecule has 5 nitrogen and oxygen atoms in total. The SMILES string of the molecule is CC(F)c1nnc(-c2ccc(CCCC3CCCN(C)C3)nc2)o1. The van der Waals surface area contributed by atoms with Gasteiger partial charge >= 0.3 is 0 Å². The normalized spacial score (nSPS) is 20.2. The van der Waals surface area contributed by atoms with Gasteiger partial charge in [-0.25, -0.2) is 4.39 Å². The first-order chi connectivity index (χ1) is 11.6. The highest BCUT2D eigenvalue weighted by molar-refractivity contribution is 5.50. The molecular weight excluding hydrogens is 307 g/mol. The maximum absolute atomic E-state index is 13.1. The maximum Gasteiger partial charge on any atom is 0.250 e. The van der Waals surface area contributed by atoms with Crippen LogP contribution in [0.5, 0.6) is 0 Å². The molecule has 0 radical (unpaired) electrons. The molecule has 3 heterocycles. The van der Waals surface area contributed by atoms with Crippen molar-refractivity contribution in [1.29, 1.82) is 0 Å². The molecule has 0 saturated carbocycles. The van der Waals surface area contributed by atoms with Crippen LogP contribution in [-0.2, 0) is 6.42 Å². The van der Waals surface area contributed by atoms with Gasteiger partial charge in [0, 0.05) is 18.4 Å². The molecule has 1 aliphatic heterocycles. The summed E-state index contributed by atoms with van der Waals surface area (Å²) in [4.78, 5) is 6.90. The van der Waals surface area contributed by atoms with E-state index in [1.807, 2.05) is 12.1 Å². The van der Waals surface area contributed by atoms with Gasteiger partial charge in [0.15, 0.2) is 6.17 Å². The molecule has 0 bridgehead atoms. The van der Waals surface area contributed by atoms with Crippen molar-refractivity contribution in [3.05, 3.63) is 29.9 Å². The second-order valence-corrected chi connectivity index (χ2v) is 6.76. The van der Waals surface area contributed by atoms with E-state index in [0.717, 1.165) is 30.0 Å². The van der Waals surface area contributed by atoms with Crippen LogP contribution in [-0.4, -0.2) is 40.2 Å². The number of hydrogen-bond donors (Lipinski definition) is 0. The Bertz CT molecular complexity index is 641. The number of aromatic nitrogens is 3. The lowest BCUT2D eigenvalue weighted by Gasteiger charge is -2.29. The second-order valence-electron chi connectivity index (χ2n) is 6.76. The minimum atomic E-state index is -1.25. The van der Waals surface area contributed by atoms with Crippen molar-refractivity contribution < 1.29 is 8.81 Å². The van der Waals surface area contributed by atoms with E-state index in [0.29, 0.717) is 5.89 Å². The van der Waals surface area contributed by atoms with Gasteiger partial charge in [0.05, 0.1) is 5.56 Å². The van der Waals surface area contributed by atoms with Gasteiger partial charge in [-0.05, 0) is 70.7 Å². The van der Waals surface area contributed by atoms with E-state index in [9.17, 15) is 4.39 Å². The first-order valence-electron chi connectivity index (χ1n) is 8.73. The van der Waals surface area contributed by atoms with Crippen molar-refractivity contribution in [2.75, 3.05) is 20.1 Å². The van der Waals surface area contributed by atoms with Crippen molar-refractivity contribution in [2.45, 2.75) is 45.2 Å². The molecule has 0 spiro atoms. The van der Waals surface area contributed by atoms with E-state index in [1.165, 1.54) is 39.3 Å². The van der Waals surface area contributed by atoms with Crippen LogP contribution in [0, 0.1) is 5.92 Å². The average Bonchev–Trinajstić information content (AvgIpc) is 3.06. The van der Waals surface area contributed by atoms with Crippen LogP contribution in [0.1, 0.15) is 50.4 Å². The molecule has 130 valence electrons. The molecule has 6 heteroatoms. The van der Waals surface area contributed by atoms with Crippen LogP contribution in [0.4, 0.5) is 4.39 Å². The Morgan fingerprint density at radius 2 is 2.25 bits per heavy atom. The molecule has 24 heavy (non-hydrogen) atoms. The van der Waals surface area contributed by atoms with Gasteiger partial charge in [-0.3, -0.25) is 4.98 Å². The summed E-state index contributed by atoms with van der Waals surface area (Å²) in [6, 6.07) is 3.90. The van der Waals surface area contributed by atoms with Crippen molar-refractivity contribution in [1.82, 2.24) is 20.1 Å². The summed E-state index contributed by atoms with van der Waals surface area (Å²) in [5.74, 6) is 1.15. The number of rotatable bonds is 6. The van der Waals surface area contributed by atoms with Gasteiger partial charge in [0.25, 0.3) is 5.89 Å². The van der Waals surface area contributed by atoms with Gasteiger partial charge in [0.1, 0.15) is 0 Å². The number of aryl methyl sites for hydroxylation is 1. The molecular formula is C18H25FN4O. The Hall–Kier alpha value is -1.82. The summed E-state index contributed by atoms with van der Waals surface area (Å²) >= 11 is 0. The first-order valence-corrected chi connectivity index (χ1v) is 8.73. The molecule has 1 saturated heterocycles. The molecule has 1 fully saturated rings. The number of alkyl halides is 1. The highest BCUT2D eigenvalue weighted by atomic mass is 19.1. The molecule has 1 aliphatic rings. The molecule has 0 aliphatic carbocycles. The zero-order valence-electron chi connectivity index (χ0n) is 14.4. The van der Waals surface area contributed by atoms with Crippen LogP contribution in [0.2, 0.25) is 0 Å². The smallest absolute Gasteiger partial charge is 0.250 e. The van der Waals surface area contributed by atoms with Gasteiger partial charge in [-0.2, -0.15) is 0 Å². The van der Waals surface area contributed by atoms with E-state index in [1.54, 1.807) is 6.20 Å². The molecule has 3 rings (SSSR count). The molecule has 0 aromatic carbocycles. The monoisotopic (exact) mass is 332 g/mol. The summed E-state index contributed by atoms with van der Waals surface area (Å²) in [5, 5.41) is 7.57. The number of pyridine rings is 1. The third-order valence-electron chi connectivity index (χ3n) is 4.62. The quantitative estimate of drug-likeness (QED) is 0.805. The Labute approximate surface area is 142 Å². The van der Waals surface area contributed by atoms with Gasteiger partial charge < -0.3 is 9.32 Å². The van der Waals surface area contributed by atoms with Crippen molar-refractivity contribution >= 4 is 0 Å². The van der Waals surface area contributed by atoms with Gasteiger partial charge in [-0.15, -0.1) is 10.2 Å². The lowest BCUT2D eigenvalue weighted by molar-refractivity contribution is 0.200. The molecule has 0 amide bonds. The fraction of sp³-hybridized carbons (Fsp3) is 0.611. The highest BCUT2D eigenvalue weighted by Crippen LogP contribution is 2.23. The van der Waals surface area contributed by atoms with Gasteiger partial charge in [-0.1, -0.05) is 0 Å². The Morgan fingerprint density at radius 3 is 2.92 bits per heavy atom. The number of halogens is 1. The Balaban J connectivity index is 1.50. The van der Waals surface area contributed by atoms with E-state index in [-0.39, 0.29) is 5.89 Å². The lowest BCUT2D eigenvalue weighted by atomic mass is 9.93. The van der Waals surface area contributed by atoms with Crippen LogP contribution in [0.3, 0.4) is 0 Å². The summed E-state index contributed by atoms with van der Waals surface area (Å²) in [7, 11) is 2.21. The first kappa shape index (κ1) is 17.0. The molecule has 2 aromatic rings. The predicted octanol–water partition coefficient (Wildman–Crippen LogP) is 3.83. The fourth-order valence-electron chi connectivity index (χ4n) is 3.29. The average molecular weight is 332 g/mol. The Kier molecular flexibility index (Phi) is 5.56. The van der Waals surface area contributed by atoms with Gasteiger partial charge in [0.2, 0.25) is 5.89 Å². The standard InChI is InChI=1S/C18H25FN4O/c1-13(19)17-21-22-18(24-17)15-8-9-16(20-11-15)7-3-5-14-6-4-10-23(2)12-14/h8-9,11,13-14H,3-7,10,12H2,1-2H3. The van der Waals surface area contributed by atoms with E-state index < -0.39 is 6.17 Å². The van der Waals surface area contributed by atoms with Crippen LogP contribution in [0.25, 0.3) is 11.5 Å². The minimum Gasteiger partial charge on any atom is -0.417 e. The van der Waals surface area contributed by atoms with E-state index in [2.05, 4.69) is 27.1 Å². The zero-order valence-corrected chi connectivity index (χ0v) is 14.4. The maximum atomic E-state index is 13.1. The molecule has 2 atom stereocenters. The zero-order chi connectivity index (χ0) is 16.9. The minimum absolute atomic E-state index is 0.00604.